The summed E-state index contributed by atoms with van der Waals surface area (Å²) in [5.41, 5.74) is 0. The molecule has 69 heavy (non-hydrogen) atoms. The number of hydrogen-bond acceptors (Lipinski definition) is 11. The first-order chi connectivity index (χ1) is 33.6. The number of aliphatic carboxylic acids is 1. The van der Waals surface area contributed by atoms with Gasteiger partial charge < -0.3 is 39.0 Å². The molecule has 0 bridgehead atoms. The monoisotopic (exact) mass is 977 g/mol. The summed E-state index contributed by atoms with van der Waals surface area (Å²) in [5, 5.41) is 31.4. The third kappa shape index (κ3) is 36.5. The first-order valence-corrected chi connectivity index (χ1v) is 28.0. The second-order valence-electron chi connectivity index (χ2n) is 19.2. The molecule has 1 heterocycles. The summed E-state index contributed by atoms with van der Waals surface area (Å²) in [4.78, 5) is 50.9. The predicted molar refractivity (Wildman–Crippen MR) is 276 cm³/mol. The van der Waals surface area contributed by atoms with Crippen molar-refractivity contribution in [3.8, 4) is 0 Å². The molecule has 400 valence electrons. The Kier molecular flexibility index (Phi) is 42.7. The number of allylic oxidation sites excluding steroid dienone is 6. The fourth-order valence-corrected chi connectivity index (χ4v) is 8.44. The second kappa shape index (κ2) is 46.0. The van der Waals surface area contributed by atoms with Crippen molar-refractivity contribution in [2.75, 3.05) is 13.2 Å². The quantitative estimate of drug-likeness (QED) is 0.0228. The minimum atomic E-state index is -1.91. The fraction of sp³-hybridized carbons (Fsp3) is 0.825. The van der Waals surface area contributed by atoms with E-state index in [1.165, 1.54) is 116 Å². The Balaban J connectivity index is 2.71. The van der Waals surface area contributed by atoms with Crippen molar-refractivity contribution in [2.24, 2.45) is 0 Å². The van der Waals surface area contributed by atoms with Crippen LogP contribution in [0.15, 0.2) is 36.5 Å². The van der Waals surface area contributed by atoms with E-state index in [0.29, 0.717) is 19.3 Å². The van der Waals surface area contributed by atoms with Gasteiger partial charge in [-0.3, -0.25) is 14.4 Å². The zero-order chi connectivity index (χ0) is 50.4. The Hall–Kier alpha value is -3.06. The molecule has 1 rings (SSSR count). The van der Waals surface area contributed by atoms with Crippen molar-refractivity contribution in [2.45, 2.75) is 289 Å². The standard InChI is InChI=1S/C57H100O12/c1-4-7-10-13-16-19-22-24-25-27-29-31-34-37-40-43-49(58)65-46-48(67-50(59)44-41-38-35-32-28-21-18-15-12-9-6-3)47-66-57-55(53(62)52(61)54(69-57)56(63)64)68-51(60)45-42-39-36-33-30-26-23-20-17-14-11-8-5-2/h8,11,17,20,26,30,48,52-55,57,61-62H,4-7,9-10,12-16,18-19,21-25,27-29,31-47H2,1-3H3,(H,63,64)/b11-8-,20-17-,30-26-. The minimum Gasteiger partial charge on any atom is -0.479 e. The van der Waals surface area contributed by atoms with Crippen LogP contribution in [-0.2, 0) is 42.9 Å². The van der Waals surface area contributed by atoms with Crippen LogP contribution in [0.5, 0.6) is 0 Å². The molecule has 0 amide bonds. The number of carbonyl (C=O) groups excluding carboxylic acids is 3. The normalized spacial score (nSPS) is 18.9. The molecule has 6 unspecified atom stereocenters. The van der Waals surface area contributed by atoms with Gasteiger partial charge in [0.25, 0.3) is 0 Å². The minimum absolute atomic E-state index is 0.0285. The SMILES string of the molecule is CC/C=C\C/C=C\C/C=C\CCCCCC(=O)OC1C(OCC(COC(=O)CCCCCCCCCCCCCCCCC)OC(=O)CCCCCCCCCCCCC)OC(C(=O)O)C(O)C1O. The molecule has 12 nitrogen and oxygen atoms in total. The number of carbonyl (C=O) groups is 4. The molecule has 0 spiro atoms. The van der Waals surface area contributed by atoms with Crippen molar-refractivity contribution in [3.05, 3.63) is 36.5 Å². The van der Waals surface area contributed by atoms with Crippen LogP contribution in [0.1, 0.15) is 252 Å². The van der Waals surface area contributed by atoms with Crippen LogP contribution in [-0.4, -0.2) is 89.2 Å². The van der Waals surface area contributed by atoms with Crippen LogP contribution in [0.3, 0.4) is 0 Å². The van der Waals surface area contributed by atoms with Gasteiger partial charge in [-0.15, -0.1) is 0 Å². The molecule has 12 heteroatoms. The summed E-state index contributed by atoms with van der Waals surface area (Å²) >= 11 is 0. The van der Waals surface area contributed by atoms with Crippen molar-refractivity contribution < 1.29 is 58.2 Å². The zero-order valence-corrected chi connectivity index (χ0v) is 43.8. The molecule has 0 aromatic rings. The lowest BCUT2D eigenvalue weighted by Gasteiger charge is -2.40. The predicted octanol–water partition coefficient (Wildman–Crippen LogP) is 13.7. The number of rotatable bonds is 47. The largest absolute Gasteiger partial charge is 0.479 e. The summed E-state index contributed by atoms with van der Waals surface area (Å²) in [6, 6.07) is 0. The van der Waals surface area contributed by atoms with E-state index in [0.717, 1.165) is 77.0 Å². The number of carboxylic acids is 1. The van der Waals surface area contributed by atoms with Crippen LogP contribution in [0.2, 0.25) is 0 Å². The fourth-order valence-electron chi connectivity index (χ4n) is 8.44. The third-order valence-corrected chi connectivity index (χ3v) is 12.7. The highest BCUT2D eigenvalue weighted by Crippen LogP contribution is 2.26. The first-order valence-electron chi connectivity index (χ1n) is 28.0. The Morgan fingerprint density at radius 1 is 0.493 bits per heavy atom. The summed E-state index contributed by atoms with van der Waals surface area (Å²) in [5.74, 6) is -3.14. The highest BCUT2D eigenvalue weighted by molar-refractivity contribution is 5.74. The molecule has 1 aliphatic rings. The molecule has 6 atom stereocenters. The van der Waals surface area contributed by atoms with E-state index in [9.17, 15) is 34.5 Å². The summed E-state index contributed by atoms with van der Waals surface area (Å²) in [6.45, 7) is 5.86. The number of hydrogen-bond donors (Lipinski definition) is 3. The lowest BCUT2D eigenvalue weighted by Crippen LogP contribution is -2.61. The number of aliphatic hydroxyl groups excluding tert-OH is 2. The van der Waals surface area contributed by atoms with E-state index in [2.05, 4.69) is 57.2 Å². The molecule has 3 N–H and O–H groups in total. The van der Waals surface area contributed by atoms with E-state index in [1.54, 1.807) is 0 Å². The van der Waals surface area contributed by atoms with Gasteiger partial charge in [-0.1, -0.05) is 218 Å². The van der Waals surface area contributed by atoms with E-state index in [4.69, 9.17) is 23.7 Å². The highest BCUT2D eigenvalue weighted by Gasteiger charge is 2.50. The molecule has 0 radical (unpaired) electrons. The van der Waals surface area contributed by atoms with Gasteiger partial charge in [-0.25, -0.2) is 4.79 Å². The molecule has 0 saturated carbocycles. The maximum atomic E-state index is 13.1. The van der Waals surface area contributed by atoms with E-state index in [-0.39, 0.29) is 25.9 Å². The van der Waals surface area contributed by atoms with Gasteiger partial charge in [-0.05, 0) is 51.4 Å². The van der Waals surface area contributed by atoms with E-state index in [1.807, 2.05) is 0 Å². The molecule has 0 aliphatic carbocycles. The number of unbranched alkanes of at least 4 members (excludes halogenated alkanes) is 27. The van der Waals surface area contributed by atoms with Crippen molar-refractivity contribution >= 4 is 23.9 Å². The molecule has 1 fully saturated rings. The maximum absolute atomic E-state index is 13.1. The first kappa shape index (κ1) is 64.0. The van der Waals surface area contributed by atoms with Gasteiger partial charge in [0.1, 0.15) is 18.8 Å². The van der Waals surface area contributed by atoms with Crippen LogP contribution in [0.4, 0.5) is 0 Å². The van der Waals surface area contributed by atoms with Crippen LogP contribution in [0, 0.1) is 0 Å². The number of carboxylic acid groups (broad SMARTS) is 1. The Morgan fingerprint density at radius 2 is 0.913 bits per heavy atom. The lowest BCUT2D eigenvalue weighted by atomic mass is 9.98. The smallest absolute Gasteiger partial charge is 0.335 e. The summed E-state index contributed by atoms with van der Waals surface area (Å²) < 4.78 is 28.3. The number of ether oxygens (including phenoxy) is 5. The second-order valence-corrected chi connectivity index (χ2v) is 19.2. The molecular formula is C57H100O12. The van der Waals surface area contributed by atoms with Crippen molar-refractivity contribution in [3.63, 3.8) is 0 Å². The van der Waals surface area contributed by atoms with Gasteiger partial charge in [-0.2, -0.15) is 0 Å². The molecular weight excluding hydrogens is 877 g/mol. The summed E-state index contributed by atoms with van der Waals surface area (Å²) in [6.07, 6.45) is 39.9. The van der Waals surface area contributed by atoms with Gasteiger partial charge in [0.05, 0.1) is 6.61 Å². The Bertz CT molecular complexity index is 1350. The van der Waals surface area contributed by atoms with Gasteiger partial charge >= 0.3 is 23.9 Å². The van der Waals surface area contributed by atoms with Gasteiger partial charge in [0.15, 0.2) is 24.6 Å². The van der Waals surface area contributed by atoms with E-state index < -0.39 is 67.3 Å². The average Bonchev–Trinajstić information content (AvgIpc) is 3.33. The van der Waals surface area contributed by atoms with Crippen LogP contribution < -0.4 is 0 Å². The molecule has 0 aromatic carbocycles. The third-order valence-electron chi connectivity index (χ3n) is 12.7. The number of esters is 3. The average molecular weight is 977 g/mol. The molecule has 0 aromatic heterocycles. The van der Waals surface area contributed by atoms with E-state index >= 15 is 0 Å². The number of aliphatic hydroxyl groups is 2. The highest BCUT2D eigenvalue weighted by atomic mass is 16.7. The Morgan fingerprint density at radius 3 is 1.39 bits per heavy atom. The lowest BCUT2D eigenvalue weighted by molar-refractivity contribution is -0.301. The molecule has 1 saturated heterocycles. The van der Waals surface area contributed by atoms with Crippen LogP contribution in [0.25, 0.3) is 0 Å². The zero-order valence-electron chi connectivity index (χ0n) is 43.8. The van der Waals surface area contributed by atoms with Gasteiger partial charge in [0, 0.05) is 19.3 Å². The van der Waals surface area contributed by atoms with Crippen LogP contribution >= 0.6 is 0 Å². The maximum Gasteiger partial charge on any atom is 0.335 e. The Labute approximate surface area is 419 Å². The molecule has 1 aliphatic heterocycles. The van der Waals surface area contributed by atoms with Gasteiger partial charge in [0.2, 0.25) is 0 Å². The summed E-state index contributed by atoms with van der Waals surface area (Å²) in [7, 11) is 0. The topological polar surface area (TPSA) is 175 Å². The van der Waals surface area contributed by atoms with Crippen molar-refractivity contribution in [1.29, 1.82) is 0 Å². The van der Waals surface area contributed by atoms with Crippen molar-refractivity contribution in [1.82, 2.24) is 0 Å².